The first-order chi connectivity index (χ1) is 8.33. The Morgan fingerprint density at radius 1 is 1.50 bits per heavy atom. The Hall–Kier alpha value is -1.29. The molecule has 0 aromatic heterocycles. The number of cyclic esters (lactones) is 1. The summed E-state index contributed by atoms with van der Waals surface area (Å²) in [5.74, 6) is -0.372. The maximum Gasteiger partial charge on any atom is 0.407 e. The van der Waals surface area contributed by atoms with Crippen molar-refractivity contribution < 1.29 is 13.9 Å². The molecule has 0 spiro atoms. The van der Waals surface area contributed by atoms with Crippen LogP contribution in [0.3, 0.4) is 0 Å². The van der Waals surface area contributed by atoms with Crippen molar-refractivity contribution in [1.82, 2.24) is 5.32 Å². The Morgan fingerprint density at radius 3 is 2.83 bits per heavy atom. The molecule has 1 atom stereocenters. The lowest BCUT2D eigenvalue weighted by atomic mass is 9.80. The van der Waals surface area contributed by atoms with E-state index < -0.39 is 17.6 Å². The number of alkyl carbamates (subject to hydrolysis) is 1. The van der Waals surface area contributed by atoms with E-state index in [1.807, 2.05) is 13.8 Å². The van der Waals surface area contributed by atoms with Crippen molar-refractivity contribution in [3.05, 3.63) is 34.1 Å². The van der Waals surface area contributed by atoms with Gasteiger partial charge in [0.25, 0.3) is 0 Å². The van der Waals surface area contributed by atoms with E-state index in [4.69, 9.17) is 16.3 Å². The van der Waals surface area contributed by atoms with Gasteiger partial charge in [-0.3, -0.25) is 0 Å². The minimum atomic E-state index is -0.545. The van der Waals surface area contributed by atoms with Crippen LogP contribution in [0.15, 0.2) is 12.1 Å². The molecule has 0 bridgehead atoms. The molecule has 1 aliphatic rings. The minimum Gasteiger partial charge on any atom is -0.449 e. The maximum absolute atomic E-state index is 14.2. The van der Waals surface area contributed by atoms with E-state index in [0.29, 0.717) is 16.1 Å². The number of hydrogen-bond acceptors (Lipinski definition) is 2. The number of ether oxygens (including phenoxy) is 1. The Balaban J connectivity index is 2.52. The molecule has 1 amide bonds. The average Bonchev–Trinajstić information content (AvgIpc) is 2.29. The highest BCUT2D eigenvalue weighted by Crippen LogP contribution is 2.40. The summed E-state index contributed by atoms with van der Waals surface area (Å²) >= 11 is 6.08. The zero-order valence-electron chi connectivity index (χ0n) is 10.5. The molecule has 1 heterocycles. The van der Waals surface area contributed by atoms with E-state index in [1.54, 1.807) is 19.1 Å². The number of benzene rings is 1. The zero-order chi connectivity index (χ0) is 13.5. The number of rotatable bonds is 1. The number of hydrogen-bond donors (Lipinski definition) is 1. The van der Waals surface area contributed by atoms with Gasteiger partial charge in [-0.1, -0.05) is 31.5 Å². The fraction of sp³-hybridized carbons (Fsp3) is 0.462. The minimum absolute atomic E-state index is 0.229. The first kappa shape index (κ1) is 13.1. The Morgan fingerprint density at radius 2 is 2.17 bits per heavy atom. The fourth-order valence-electron chi connectivity index (χ4n) is 2.10. The van der Waals surface area contributed by atoms with Crippen molar-refractivity contribution >= 4 is 17.7 Å². The molecule has 1 saturated heterocycles. The van der Waals surface area contributed by atoms with Crippen LogP contribution in [-0.4, -0.2) is 12.7 Å². The second-order valence-corrected chi connectivity index (χ2v) is 5.64. The summed E-state index contributed by atoms with van der Waals surface area (Å²) < 4.78 is 19.2. The molecule has 0 saturated carbocycles. The molecule has 1 aliphatic heterocycles. The number of nitrogens with one attached hydrogen (secondary N) is 1. The van der Waals surface area contributed by atoms with Gasteiger partial charge in [0.2, 0.25) is 0 Å². The highest BCUT2D eigenvalue weighted by atomic mass is 35.5. The molecule has 1 aromatic carbocycles. The lowest BCUT2D eigenvalue weighted by Crippen LogP contribution is -2.47. The molecule has 18 heavy (non-hydrogen) atoms. The van der Waals surface area contributed by atoms with Gasteiger partial charge < -0.3 is 10.1 Å². The maximum atomic E-state index is 14.2. The summed E-state index contributed by atoms with van der Waals surface area (Å²) in [6, 6.07) is 2.77. The SMILES string of the molecule is Cc1ccc(Cl)c([C@@H]2NC(=O)OCC2(C)C)c1F. The van der Waals surface area contributed by atoms with Gasteiger partial charge in [0.1, 0.15) is 12.4 Å². The van der Waals surface area contributed by atoms with Crippen LogP contribution in [0.2, 0.25) is 5.02 Å². The third-order valence-electron chi connectivity index (χ3n) is 3.23. The van der Waals surface area contributed by atoms with Crippen molar-refractivity contribution in [2.45, 2.75) is 26.8 Å². The van der Waals surface area contributed by atoms with Gasteiger partial charge in [0.05, 0.1) is 6.04 Å². The lowest BCUT2D eigenvalue weighted by molar-refractivity contribution is 0.0378. The van der Waals surface area contributed by atoms with E-state index in [-0.39, 0.29) is 12.4 Å². The lowest BCUT2D eigenvalue weighted by Gasteiger charge is -2.39. The molecule has 0 unspecified atom stereocenters. The molecular formula is C13H15ClFNO2. The van der Waals surface area contributed by atoms with Gasteiger partial charge in [-0.15, -0.1) is 0 Å². The number of halogens is 2. The summed E-state index contributed by atoms with van der Waals surface area (Å²) in [7, 11) is 0. The van der Waals surface area contributed by atoms with Crippen molar-refractivity contribution in [3.63, 3.8) is 0 Å². The molecule has 1 fully saturated rings. The monoisotopic (exact) mass is 271 g/mol. The fourth-order valence-corrected chi connectivity index (χ4v) is 2.35. The predicted molar refractivity (Wildman–Crippen MR) is 67.2 cm³/mol. The highest BCUT2D eigenvalue weighted by molar-refractivity contribution is 6.31. The van der Waals surface area contributed by atoms with Crippen LogP contribution < -0.4 is 5.32 Å². The Bertz CT molecular complexity index is 502. The summed E-state index contributed by atoms with van der Waals surface area (Å²) in [5.41, 5.74) is 0.413. The van der Waals surface area contributed by atoms with Crippen molar-refractivity contribution in [3.8, 4) is 0 Å². The van der Waals surface area contributed by atoms with Crippen LogP contribution in [0, 0.1) is 18.2 Å². The molecule has 1 N–H and O–H groups in total. The number of aryl methyl sites for hydroxylation is 1. The molecule has 0 aliphatic carbocycles. The Kier molecular flexibility index (Phi) is 3.23. The smallest absolute Gasteiger partial charge is 0.407 e. The first-order valence-corrected chi connectivity index (χ1v) is 6.08. The average molecular weight is 272 g/mol. The molecule has 1 aromatic rings. The summed E-state index contributed by atoms with van der Waals surface area (Å²) in [6.07, 6.45) is -0.545. The van der Waals surface area contributed by atoms with Gasteiger partial charge in [-0.05, 0) is 18.6 Å². The topological polar surface area (TPSA) is 38.3 Å². The van der Waals surface area contributed by atoms with E-state index in [1.165, 1.54) is 0 Å². The van der Waals surface area contributed by atoms with Crippen LogP contribution >= 0.6 is 11.6 Å². The molecule has 5 heteroatoms. The number of amides is 1. The standard InChI is InChI=1S/C13H15ClFNO2/c1-7-4-5-8(14)9(10(7)15)11-13(2,3)6-18-12(17)16-11/h4-5,11H,6H2,1-3H3,(H,16,17)/t11-/m0/s1. The Labute approximate surface area is 110 Å². The van der Waals surface area contributed by atoms with Crippen molar-refractivity contribution in [2.75, 3.05) is 6.61 Å². The van der Waals surface area contributed by atoms with E-state index >= 15 is 0 Å². The van der Waals surface area contributed by atoms with Gasteiger partial charge in [0, 0.05) is 16.0 Å². The second-order valence-electron chi connectivity index (χ2n) is 5.23. The normalized spacial score (nSPS) is 22.3. The van der Waals surface area contributed by atoms with Gasteiger partial charge in [-0.2, -0.15) is 0 Å². The van der Waals surface area contributed by atoms with Gasteiger partial charge in [-0.25, -0.2) is 9.18 Å². The van der Waals surface area contributed by atoms with Crippen LogP contribution in [-0.2, 0) is 4.74 Å². The molecule has 98 valence electrons. The third kappa shape index (κ3) is 2.17. The predicted octanol–water partition coefficient (Wildman–Crippen LogP) is 3.59. The van der Waals surface area contributed by atoms with Crippen LogP contribution in [0.4, 0.5) is 9.18 Å². The highest BCUT2D eigenvalue weighted by Gasteiger charge is 2.40. The molecular weight excluding hydrogens is 257 g/mol. The number of carbonyl (C=O) groups excluding carboxylic acids is 1. The summed E-state index contributed by atoms with van der Waals surface area (Å²) in [5, 5.41) is 2.96. The third-order valence-corrected chi connectivity index (χ3v) is 3.56. The van der Waals surface area contributed by atoms with Gasteiger partial charge in [0.15, 0.2) is 0 Å². The van der Waals surface area contributed by atoms with Crippen LogP contribution in [0.5, 0.6) is 0 Å². The van der Waals surface area contributed by atoms with Crippen LogP contribution in [0.1, 0.15) is 31.0 Å². The molecule has 0 radical (unpaired) electrons. The first-order valence-electron chi connectivity index (χ1n) is 5.71. The van der Waals surface area contributed by atoms with E-state index in [9.17, 15) is 9.18 Å². The zero-order valence-corrected chi connectivity index (χ0v) is 11.3. The van der Waals surface area contributed by atoms with Crippen molar-refractivity contribution in [1.29, 1.82) is 0 Å². The molecule has 3 nitrogen and oxygen atoms in total. The molecule has 2 rings (SSSR count). The van der Waals surface area contributed by atoms with Gasteiger partial charge >= 0.3 is 6.09 Å². The quantitative estimate of drug-likeness (QED) is 0.848. The largest absolute Gasteiger partial charge is 0.449 e. The van der Waals surface area contributed by atoms with Crippen LogP contribution in [0.25, 0.3) is 0 Å². The van der Waals surface area contributed by atoms with E-state index in [0.717, 1.165) is 0 Å². The van der Waals surface area contributed by atoms with E-state index in [2.05, 4.69) is 5.32 Å². The summed E-state index contributed by atoms with van der Waals surface area (Å²) in [6.45, 7) is 5.70. The number of carbonyl (C=O) groups is 1. The van der Waals surface area contributed by atoms with Crippen molar-refractivity contribution in [2.24, 2.45) is 5.41 Å². The second kappa shape index (κ2) is 4.43. The summed E-state index contributed by atoms with van der Waals surface area (Å²) in [4.78, 5) is 11.3.